The van der Waals surface area contributed by atoms with Crippen LogP contribution in [-0.2, 0) is 15.1 Å². The van der Waals surface area contributed by atoms with E-state index in [0.717, 1.165) is 74.6 Å². The summed E-state index contributed by atoms with van der Waals surface area (Å²) in [5.41, 5.74) is 9.88. The summed E-state index contributed by atoms with van der Waals surface area (Å²) < 4.78 is 19.2. The Hall–Kier alpha value is -3.25. The molecule has 11 heteroatoms. The van der Waals surface area contributed by atoms with Crippen LogP contribution in [0.1, 0.15) is 36.4 Å². The van der Waals surface area contributed by atoms with Crippen LogP contribution in [0.3, 0.4) is 0 Å². The zero-order valence-corrected chi connectivity index (χ0v) is 23.2. The molecule has 4 saturated heterocycles. The minimum Gasteiger partial charge on any atom is -0.433 e. The maximum Gasteiger partial charge on any atom is 0.263 e. The maximum absolute atomic E-state index is 11.7. The highest BCUT2D eigenvalue weighted by Crippen LogP contribution is 2.47. The number of benzene rings is 1. The third-order valence-electron chi connectivity index (χ3n) is 8.91. The molecule has 11 nitrogen and oxygen atoms in total. The average molecular weight is 548 g/mol. The SMILES string of the molecule is Cc1cc(-c2cnc(N)c(Oc3cnn(C4CCN(C)CC4)c3)n2)cc(C2(O)CCOC2)c1N1CC2(COC2)C1. The quantitative estimate of drug-likeness (QED) is 0.476. The number of ether oxygens (including phenoxy) is 3. The van der Waals surface area contributed by atoms with Crippen LogP contribution in [0.25, 0.3) is 11.3 Å². The molecule has 4 aliphatic heterocycles. The highest BCUT2D eigenvalue weighted by atomic mass is 16.5. The van der Waals surface area contributed by atoms with E-state index in [1.54, 1.807) is 12.4 Å². The Morgan fingerprint density at radius 1 is 1.10 bits per heavy atom. The zero-order valence-electron chi connectivity index (χ0n) is 23.2. The van der Waals surface area contributed by atoms with Gasteiger partial charge in [-0.3, -0.25) is 4.68 Å². The van der Waals surface area contributed by atoms with Crippen LogP contribution in [0.5, 0.6) is 11.6 Å². The predicted molar refractivity (Wildman–Crippen MR) is 149 cm³/mol. The molecule has 3 N–H and O–H groups in total. The second-order valence-corrected chi connectivity index (χ2v) is 12.1. The van der Waals surface area contributed by atoms with E-state index in [-0.39, 0.29) is 23.7 Å². The van der Waals surface area contributed by atoms with Crippen molar-refractivity contribution in [2.24, 2.45) is 5.41 Å². The van der Waals surface area contributed by atoms with Gasteiger partial charge in [0.25, 0.3) is 5.88 Å². The number of aliphatic hydroxyl groups is 1. The summed E-state index contributed by atoms with van der Waals surface area (Å²) in [5, 5.41) is 16.2. The molecule has 0 radical (unpaired) electrons. The molecule has 1 unspecified atom stereocenters. The molecule has 0 bridgehead atoms. The number of piperidine rings is 1. The first-order valence-corrected chi connectivity index (χ1v) is 14.1. The number of nitrogens with zero attached hydrogens (tertiary/aromatic N) is 6. The zero-order chi connectivity index (χ0) is 27.5. The van der Waals surface area contributed by atoms with E-state index in [1.807, 2.05) is 16.9 Å². The van der Waals surface area contributed by atoms with Crippen molar-refractivity contribution in [3.8, 4) is 22.9 Å². The van der Waals surface area contributed by atoms with E-state index < -0.39 is 5.60 Å². The number of nitrogens with two attached hydrogens (primary N) is 1. The summed E-state index contributed by atoms with van der Waals surface area (Å²) >= 11 is 0. The molecule has 2 aromatic heterocycles. The van der Waals surface area contributed by atoms with Crippen LogP contribution in [0.15, 0.2) is 30.7 Å². The third-order valence-corrected chi connectivity index (χ3v) is 8.91. The first-order valence-electron chi connectivity index (χ1n) is 14.1. The minimum absolute atomic E-state index is 0.209. The Balaban J connectivity index is 1.18. The number of likely N-dealkylation sites (tertiary alicyclic amines) is 1. The van der Waals surface area contributed by atoms with Gasteiger partial charge in [0.2, 0.25) is 0 Å². The van der Waals surface area contributed by atoms with Crippen LogP contribution in [0.2, 0.25) is 0 Å². The number of nitrogen functional groups attached to an aromatic ring is 1. The van der Waals surface area contributed by atoms with Crippen molar-refractivity contribution in [3.05, 3.63) is 41.9 Å². The first kappa shape index (κ1) is 25.7. The molecule has 1 atom stereocenters. The van der Waals surface area contributed by atoms with Crippen molar-refractivity contribution in [2.45, 2.75) is 37.8 Å². The van der Waals surface area contributed by atoms with Crippen molar-refractivity contribution in [1.82, 2.24) is 24.6 Å². The van der Waals surface area contributed by atoms with E-state index in [2.05, 4.69) is 39.9 Å². The molecule has 4 aliphatic rings. The second-order valence-electron chi connectivity index (χ2n) is 12.1. The van der Waals surface area contributed by atoms with Crippen LogP contribution in [0.4, 0.5) is 11.5 Å². The van der Waals surface area contributed by atoms with E-state index in [1.165, 1.54) is 0 Å². The summed E-state index contributed by atoms with van der Waals surface area (Å²) in [6.07, 6.45) is 7.91. The molecule has 212 valence electrons. The lowest BCUT2D eigenvalue weighted by Gasteiger charge is -2.57. The highest BCUT2D eigenvalue weighted by molar-refractivity contribution is 5.73. The molecule has 1 spiro atoms. The summed E-state index contributed by atoms with van der Waals surface area (Å²) in [6, 6.07) is 4.48. The Kier molecular flexibility index (Phi) is 6.23. The highest BCUT2D eigenvalue weighted by Gasteiger charge is 2.51. The van der Waals surface area contributed by atoms with Gasteiger partial charge >= 0.3 is 0 Å². The van der Waals surface area contributed by atoms with Gasteiger partial charge in [-0.25, -0.2) is 9.97 Å². The van der Waals surface area contributed by atoms with Crippen molar-refractivity contribution in [2.75, 3.05) is 70.3 Å². The van der Waals surface area contributed by atoms with E-state index in [9.17, 15) is 5.11 Å². The largest absolute Gasteiger partial charge is 0.433 e. The molecule has 1 aromatic carbocycles. The monoisotopic (exact) mass is 547 g/mol. The lowest BCUT2D eigenvalue weighted by Crippen LogP contribution is -2.66. The fourth-order valence-corrected chi connectivity index (χ4v) is 6.50. The van der Waals surface area contributed by atoms with Gasteiger partial charge in [0.05, 0.1) is 55.6 Å². The molecule has 6 heterocycles. The Morgan fingerprint density at radius 2 is 1.90 bits per heavy atom. The van der Waals surface area contributed by atoms with E-state index in [0.29, 0.717) is 30.5 Å². The lowest BCUT2D eigenvalue weighted by molar-refractivity contribution is -0.127. The number of anilines is 2. The van der Waals surface area contributed by atoms with Gasteiger partial charge in [-0.15, -0.1) is 0 Å². The number of hydrogen-bond acceptors (Lipinski definition) is 10. The Labute approximate surface area is 233 Å². The van der Waals surface area contributed by atoms with Crippen molar-refractivity contribution in [1.29, 1.82) is 0 Å². The summed E-state index contributed by atoms with van der Waals surface area (Å²) in [4.78, 5) is 13.9. The fourth-order valence-electron chi connectivity index (χ4n) is 6.50. The van der Waals surface area contributed by atoms with Crippen LogP contribution < -0.4 is 15.4 Å². The number of aryl methyl sites for hydroxylation is 1. The van der Waals surface area contributed by atoms with Crippen LogP contribution >= 0.6 is 0 Å². The van der Waals surface area contributed by atoms with Crippen molar-refractivity contribution >= 4 is 11.5 Å². The second kappa shape index (κ2) is 9.69. The summed E-state index contributed by atoms with van der Waals surface area (Å²) in [5.74, 6) is 1.02. The molecular formula is C29H37N7O4. The normalized spacial score (nSPS) is 24.7. The van der Waals surface area contributed by atoms with Gasteiger partial charge < -0.3 is 34.9 Å². The van der Waals surface area contributed by atoms with Gasteiger partial charge in [0, 0.05) is 42.9 Å². The molecule has 0 aliphatic carbocycles. The first-order chi connectivity index (χ1) is 19.3. The predicted octanol–water partition coefficient (Wildman–Crippen LogP) is 2.73. The molecule has 0 amide bonds. The molecule has 40 heavy (non-hydrogen) atoms. The van der Waals surface area contributed by atoms with Gasteiger partial charge in [0.15, 0.2) is 11.6 Å². The van der Waals surface area contributed by atoms with Crippen molar-refractivity contribution in [3.63, 3.8) is 0 Å². The van der Waals surface area contributed by atoms with Gasteiger partial charge in [-0.05, 0) is 57.6 Å². The van der Waals surface area contributed by atoms with Crippen LogP contribution in [-0.4, -0.2) is 89.4 Å². The number of hydrogen-bond donors (Lipinski definition) is 2. The molecular weight excluding hydrogens is 510 g/mol. The van der Waals surface area contributed by atoms with E-state index >= 15 is 0 Å². The van der Waals surface area contributed by atoms with Crippen LogP contribution in [0, 0.1) is 12.3 Å². The average Bonchev–Trinajstić information content (AvgIpc) is 3.55. The molecule has 3 aromatic rings. The van der Waals surface area contributed by atoms with Gasteiger partial charge in [-0.2, -0.15) is 5.10 Å². The Morgan fingerprint density at radius 3 is 2.60 bits per heavy atom. The topological polar surface area (TPSA) is 124 Å². The van der Waals surface area contributed by atoms with E-state index in [4.69, 9.17) is 24.9 Å². The maximum atomic E-state index is 11.7. The number of rotatable bonds is 6. The van der Waals surface area contributed by atoms with Crippen molar-refractivity contribution < 1.29 is 19.3 Å². The smallest absolute Gasteiger partial charge is 0.263 e. The van der Waals surface area contributed by atoms with Gasteiger partial charge in [0.1, 0.15) is 5.60 Å². The molecule has 0 saturated carbocycles. The minimum atomic E-state index is -1.06. The van der Waals surface area contributed by atoms with Gasteiger partial charge in [-0.1, -0.05) is 0 Å². The molecule has 4 fully saturated rings. The third kappa shape index (κ3) is 4.50. The lowest BCUT2D eigenvalue weighted by atomic mass is 9.76. The fraction of sp³-hybridized carbons (Fsp3) is 0.552. The standard InChI is InChI=1S/C29H37N7O4/c1-19-9-20(10-23(29(37)5-8-38-18-29)25(19)35-14-28(15-35)16-39-17-28)24-12-31-26(30)27(33-24)40-22-11-32-36(13-22)21-3-6-34(2)7-4-21/h9-13,21,37H,3-8,14-18H2,1-2H3,(H2,30,31). The summed E-state index contributed by atoms with van der Waals surface area (Å²) in [7, 11) is 2.15. The Bertz CT molecular complexity index is 1400. The summed E-state index contributed by atoms with van der Waals surface area (Å²) in [6.45, 7) is 8.47. The molecule has 7 rings (SSSR count). The number of aromatic nitrogens is 4.